The maximum atomic E-state index is 13.9. The molecular formula is C19H22ClFN2O3. The Morgan fingerprint density at radius 1 is 1.27 bits per heavy atom. The van der Waals surface area contributed by atoms with Crippen LogP contribution in [0.1, 0.15) is 24.1 Å². The number of carbonyl (C=O) groups is 1. The highest BCUT2D eigenvalue weighted by Crippen LogP contribution is 2.29. The topological polar surface area (TPSA) is 50.8 Å². The summed E-state index contributed by atoms with van der Waals surface area (Å²) in [6, 6.07) is 9.10. The van der Waals surface area contributed by atoms with Crippen molar-refractivity contribution < 1.29 is 18.7 Å². The molecule has 2 rings (SSSR count). The Hall–Kier alpha value is -2.47. The first-order chi connectivity index (χ1) is 12.4. The molecule has 0 saturated heterocycles. The average molecular weight is 381 g/mol. The van der Waals surface area contributed by atoms with E-state index in [-0.39, 0.29) is 29.2 Å². The van der Waals surface area contributed by atoms with Gasteiger partial charge in [-0.3, -0.25) is 0 Å². The lowest BCUT2D eigenvalue weighted by Crippen LogP contribution is -2.38. The van der Waals surface area contributed by atoms with E-state index < -0.39 is 5.82 Å². The first kappa shape index (κ1) is 19.8. The van der Waals surface area contributed by atoms with Gasteiger partial charge in [0.1, 0.15) is 17.3 Å². The van der Waals surface area contributed by atoms with Crippen molar-refractivity contribution in [3.05, 3.63) is 58.4 Å². The SMILES string of the molecule is COc1ccc(OC)c(C(C)NC(=O)N(C)Cc2c(F)cccc2Cl)c1. The van der Waals surface area contributed by atoms with Crippen LogP contribution < -0.4 is 14.8 Å². The normalized spacial score (nSPS) is 11.6. The van der Waals surface area contributed by atoms with Gasteiger partial charge in [-0.15, -0.1) is 0 Å². The fraction of sp³-hybridized carbons (Fsp3) is 0.316. The van der Waals surface area contributed by atoms with Gasteiger partial charge in [-0.25, -0.2) is 9.18 Å². The number of amides is 2. The molecular weight excluding hydrogens is 359 g/mol. The van der Waals surface area contributed by atoms with Crippen LogP contribution in [0.3, 0.4) is 0 Å². The summed E-state index contributed by atoms with van der Waals surface area (Å²) in [5, 5.41) is 3.15. The molecule has 1 unspecified atom stereocenters. The van der Waals surface area contributed by atoms with Crippen molar-refractivity contribution in [2.24, 2.45) is 0 Å². The first-order valence-corrected chi connectivity index (χ1v) is 8.41. The number of halogens is 2. The van der Waals surface area contributed by atoms with Crippen LogP contribution >= 0.6 is 11.6 Å². The summed E-state index contributed by atoms with van der Waals surface area (Å²) in [5.41, 5.74) is 1.05. The number of hydrogen-bond donors (Lipinski definition) is 1. The Labute approximate surface area is 157 Å². The molecule has 0 saturated carbocycles. The summed E-state index contributed by atoms with van der Waals surface area (Å²) >= 11 is 6.02. The standard InChI is InChI=1S/C19H22ClFN2O3/c1-12(14-10-13(25-3)8-9-18(14)26-4)22-19(24)23(2)11-15-16(20)6-5-7-17(15)21/h5-10,12H,11H2,1-4H3,(H,22,24). The predicted molar refractivity (Wildman–Crippen MR) is 99.4 cm³/mol. The smallest absolute Gasteiger partial charge is 0.317 e. The van der Waals surface area contributed by atoms with Crippen molar-refractivity contribution in [3.63, 3.8) is 0 Å². The molecule has 0 aliphatic rings. The molecule has 1 atom stereocenters. The quantitative estimate of drug-likeness (QED) is 0.808. The molecule has 140 valence electrons. The molecule has 0 fully saturated rings. The summed E-state index contributed by atoms with van der Waals surface area (Å²) in [6.07, 6.45) is 0. The monoisotopic (exact) mass is 380 g/mol. The minimum absolute atomic E-state index is 0.0549. The van der Waals surface area contributed by atoms with Gasteiger partial charge in [0.15, 0.2) is 0 Å². The van der Waals surface area contributed by atoms with E-state index in [9.17, 15) is 9.18 Å². The van der Waals surface area contributed by atoms with Crippen LogP contribution in [0.25, 0.3) is 0 Å². The minimum Gasteiger partial charge on any atom is -0.497 e. The number of nitrogens with one attached hydrogen (secondary N) is 1. The molecule has 0 spiro atoms. The zero-order valence-corrected chi connectivity index (χ0v) is 15.9. The third-order valence-electron chi connectivity index (χ3n) is 4.05. The molecule has 0 heterocycles. The van der Waals surface area contributed by atoms with Crippen molar-refractivity contribution in [3.8, 4) is 11.5 Å². The maximum absolute atomic E-state index is 13.9. The van der Waals surface area contributed by atoms with E-state index in [1.165, 1.54) is 17.0 Å². The fourth-order valence-electron chi connectivity index (χ4n) is 2.54. The average Bonchev–Trinajstić information content (AvgIpc) is 2.63. The van der Waals surface area contributed by atoms with Crippen LogP contribution in [0.15, 0.2) is 36.4 Å². The summed E-state index contributed by atoms with van der Waals surface area (Å²) in [6.45, 7) is 1.89. The molecule has 0 aliphatic heterocycles. The Balaban J connectivity index is 2.11. The summed E-state index contributed by atoms with van der Waals surface area (Å²) in [4.78, 5) is 13.9. The number of nitrogens with zero attached hydrogens (tertiary/aromatic N) is 1. The van der Waals surface area contributed by atoms with Crippen LogP contribution in [-0.4, -0.2) is 32.2 Å². The summed E-state index contributed by atoms with van der Waals surface area (Å²) in [7, 11) is 4.71. The second kappa shape index (κ2) is 8.76. The molecule has 26 heavy (non-hydrogen) atoms. The maximum Gasteiger partial charge on any atom is 0.317 e. The lowest BCUT2D eigenvalue weighted by Gasteiger charge is -2.23. The van der Waals surface area contributed by atoms with E-state index in [0.717, 1.165) is 5.56 Å². The van der Waals surface area contributed by atoms with Gasteiger partial charge in [-0.1, -0.05) is 17.7 Å². The number of rotatable bonds is 6. The number of urea groups is 1. The van der Waals surface area contributed by atoms with Crippen molar-refractivity contribution >= 4 is 17.6 Å². The molecule has 0 bridgehead atoms. The van der Waals surface area contributed by atoms with Crippen LogP contribution in [0, 0.1) is 5.82 Å². The van der Waals surface area contributed by atoms with E-state index >= 15 is 0 Å². The molecule has 2 aromatic rings. The Kier molecular flexibility index (Phi) is 6.69. The highest BCUT2D eigenvalue weighted by atomic mass is 35.5. The number of hydrogen-bond acceptors (Lipinski definition) is 3. The molecule has 1 N–H and O–H groups in total. The lowest BCUT2D eigenvalue weighted by atomic mass is 10.1. The zero-order chi connectivity index (χ0) is 19.3. The van der Waals surface area contributed by atoms with Crippen molar-refractivity contribution in [2.75, 3.05) is 21.3 Å². The van der Waals surface area contributed by atoms with E-state index in [1.807, 2.05) is 6.92 Å². The van der Waals surface area contributed by atoms with Crippen molar-refractivity contribution in [1.29, 1.82) is 0 Å². The Bertz CT molecular complexity index is 765. The van der Waals surface area contributed by atoms with Gasteiger partial charge in [-0.05, 0) is 37.3 Å². The molecule has 7 heteroatoms. The minimum atomic E-state index is -0.445. The zero-order valence-electron chi connectivity index (χ0n) is 15.2. The third kappa shape index (κ3) is 4.58. The fourth-order valence-corrected chi connectivity index (χ4v) is 2.77. The number of methoxy groups -OCH3 is 2. The highest BCUT2D eigenvalue weighted by Gasteiger charge is 2.19. The Morgan fingerprint density at radius 3 is 2.62 bits per heavy atom. The van der Waals surface area contributed by atoms with E-state index in [4.69, 9.17) is 21.1 Å². The molecule has 0 aromatic heterocycles. The molecule has 2 aromatic carbocycles. The van der Waals surface area contributed by atoms with Gasteiger partial charge in [0.25, 0.3) is 0 Å². The molecule has 0 aliphatic carbocycles. The van der Waals surface area contributed by atoms with E-state index in [1.54, 1.807) is 45.5 Å². The molecule has 5 nitrogen and oxygen atoms in total. The number of carbonyl (C=O) groups excluding carboxylic acids is 1. The van der Waals surface area contributed by atoms with Crippen LogP contribution in [0.4, 0.5) is 9.18 Å². The van der Waals surface area contributed by atoms with Gasteiger partial charge < -0.3 is 19.7 Å². The van der Waals surface area contributed by atoms with Crippen LogP contribution in [0.5, 0.6) is 11.5 Å². The van der Waals surface area contributed by atoms with Crippen LogP contribution in [0.2, 0.25) is 5.02 Å². The molecule has 2 amide bonds. The van der Waals surface area contributed by atoms with Crippen molar-refractivity contribution in [1.82, 2.24) is 10.2 Å². The van der Waals surface area contributed by atoms with Gasteiger partial charge in [0.05, 0.1) is 26.8 Å². The second-order valence-electron chi connectivity index (χ2n) is 5.84. The largest absolute Gasteiger partial charge is 0.497 e. The van der Waals surface area contributed by atoms with Gasteiger partial charge in [-0.2, -0.15) is 0 Å². The summed E-state index contributed by atoms with van der Waals surface area (Å²) < 4.78 is 24.5. The highest BCUT2D eigenvalue weighted by molar-refractivity contribution is 6.31. The molecule has 0 radical (unpaired) electrons. The van der Waals surface area contributed by atoms with Crippen molar-refractivity contribution in [2.45, 2.75) is 19.5 Å². The third-order valence-corrected chi connectivity index (χ3v) is 4.40. The first-order valence-electron chi connectivity index (χ1n) is 8.03. The summed E-state index contributed by atoms with van der Waals surface area (Å²) in [5.74, 6) is 0.853. The number of benzene rings is 2. The second-order valence-corrected chi connectivity index (χ2v) is 6.24. The van der Waals surface area contributed by atoms with Crippen LogP contribution in [-0.2, 0) is 6.54 Å². The number of ether oxygens (including phenoxy) is 2. The van der Waals surface area contributed by atoms with E-state index in [2.05, 4.69) is 5.32 Å². The Morgan fingerprint density at radius 2 is 2.00 bits per heavy atom. The van der Waals surface area contributed by atoms with E-state index in [0.29, 0.717) is 11.5 Å². The lowest BCUT2D eigenvalue weighted by molar-refractivity contribution is 0.203. The van der Waals surface area contributed by atoms with Gasteiger partial charge >= 0.3 is 6.03 Å². The predicted octanol–water partition coefficient (Wildman–Crippen LogP) is 4.40. The van der Waals surface area contributed by atoms with Gasteiger partial charge in [0.2, 0.25) is 0 Å². The van der Waals surface area contributed by atoms with Gasteiger partial charge in [0, 0.05) is 23.2 Å².